The Morgan fingerprint density at radius 2 is 1.23 bits per heavy atom. The molecule has 2 unspecified atom stereocenters. The summed E-state index contributed by atoms with van der Waals surface area (Å²) in [7, 11) is 0.121. The van der Waals surface area contributed by atoms with Gasteiger partial charge in [0.05, 0.1) is 23.8 Å². The van der Waals surface area contributed by atoms with E-state index in [2.05, 4.69) is 56.3 Å². The van der Waals surface area contributed by atoms with Crippen LogP contribution in [0.3, 0.4) is 0 Å². The predicted molar refractivity (Wildman–Crippen MR) is 127 cm³/mol. The quantitative estimate of drug-likeness (QED) is 0.389. The summed E-state index contributed by atoms with van der Waals surface area (Å²) in [5.41, 5.74) is 10.7. The van der Waals surface area contributed by atoms with E-state index in [1.807, 2.05) is 0 Å². The Bertz CT molecular complexity index is 1240. The van der Waals surface area contributed by atoms with Crippen LogP contribution in [0.25, 0.3) is 33.6 Å². The summed E-state index contributed by atoms with van der Waals surface area (Å²) in [6.07, 6.45) is 4.45. The van der Waals surface area contributed by atoms with Crippen molar-refractivity contribution in [2.24, 2.45) is 0 Å². The number of benzene rings is 2. The van der Waals surface area contributed by atoms with E-state index < -0.39 is 0 Å². The summed E-state index contributed by atoms with van der Waals surface area (Å²) in [6.45, 7) is 3.16. The molecule has 6 nitrogen and oxygen atoms in total. The van der Waals surface area contributed by atoms with Gasteiger partial charge in [0.1, 0.15) is 11.1 Å². The normalized spacial score (nSPS) is 12.7. The third kappa shape index (κ3) is 4.01. The molecule has 0 aliphatic heterocycles. The van der Waals surface area contributed by atoms with Crippen LogP contribution in [0.1, 0.15) is 25.0 Å². The van der Waals surface area contributed by atoms with E-state index in [9.17, 15) is 9.59 Å². The number of imidazole rings is 2. The lowest BCUT2D eigenvalue weighted by molar-refractivity contribution is -0.110. The van der Waals surface area contributed by atoms with Crippen LogP contribution in [0, 0.1) is 0 Å². The van der Waals surface area contributed by atoms with Crippen LogP contribution in [0.15, 0.2) is 48.8 Å². The Morgan fingerprint density at radius 1 is 0.774 bits per heavy atom. The molecule has 4 aromatic rings. The number of carbonyl (C=O) groups excluding carboxylic acids is 2. The first kappa shape index (κ1) is 20.0. The van der Waals surface area contributed by atoms with Crippen LogP contribution in [0.5, 0.6) is 0 Å². The summed E-state index contributed by atoms with van der Waals surface area (Å²) in [4.78, 5) is 37.9. The molecule has 2 atom stereocenters. The van der Waals surface area contributed by atoms with E-state index in [0.717, 1.165) is 40.1 Å². The summed E-state index contributed by atoms with van der Waals surface area (Å²) in [6, 6.07) is 12.9. The van der Waals surface area contributed by atoms with Crippen LogP contribution in [-0.4, -0.2) is 31.0 Å². The number of H-pyrrole nitrogens is 2. The number of aromatic amines is 2. The lowest BCUT2D eigenvalue weighted by Crippen LogP contribution is -2.01. The standard InChI is InChI=1S/C23H20N4O2P2/c1-12(28)30-22-24-10-20(26-22)14-3-5-18-16(7-14)9-17-8-15(4-6-19(17)18)21-11-25-23(27-21)31-13(2)29/h3-8,10-11,30-31H,9H2,1-2H3,(H,24,26)(H,25,27). The molecule has 0 saturated heterocycles. The average molecular weight is 446 g/mol. The maximum absolute atomic E-state index is 11.3. The summed E-state index contributed by atoms with van der Waals surface area (Å²) < 4.78 is 0. The smallest absolute Gasteiger partial charge is 0.155 e. The number of hydrogen-bond acceptors (Lipinski definition) is 4. The molecule has 2 N–H and O–H groups in total. The zero-order chi connectivity index (χ0) is 21.5. The van der Waals surface area contributed by atoms with Gasteiger partial charge in [-0.05, 0) is 65.8 Å². The van der Waals surface area contributed by atoms with Gasteiger partial charge in [-0.2, -0.15) is 0 Å². The SMILES string of the molecule is CC(=O)Pc1ncc(-c2ccc3c(c2)Cc2cc(-c4cnc(PC(C)=O)[nH]4)ccc2-3)[nH]1. The van der Waals surface area contributed by atoms with Crippen LogP contribution in [0.2, 0.25) is 0 Å². The largest absolute Gasteiger partial charge is 0.338 e. The van der Waals surface area contributed by atoms with Gasteiger partial charge in [0.2, 0.25) is 0 Å². The highest BCUT2D eigenvalue weighted by Crippen LogP contribution is 2.40. The van der Waals surface area contributed by atoms with Crippen LogP contribution >= 0.6 is 17.2 Å². The van der Waals surface area contributed by atoms with Crippen molar-refractivity contribution in [1.82, 2.24) is 19.9 Å². The molecule has 154 valence electrons. The molecule has 0 saturated carbocycles. The van der Waals surface area contributed by atoms with Gasteiger partial charge >= 0.3 is 0 Å². The van der Waals surface area contributed by atoms with E-state index in [4.69, 9.17) is 0 Å². The van der Waals surface area contributed by atoms with Crippen molar-refractivity contribution >= 4 is 39.3 Å². The minimum absolute atomic E-state index is 0.0605. The first-order chi connectivity index (χ1) is 15.0. The maximum atomic E-state index is 11.3. The number of nitrogens with zero attached hydrogens (tertiary/aromatic N) is 2. The van der Waals surface area contributed by atoms with E-state index in [1.165, 1.54) is 22.3 Å². The second-order valence-corrected chi connectivity index (χ2v) is 10.4. The topological polar surface area (TPSA) is 91.5 Å². The van der Waals surface area contributed by atoms with Gasteiger partial charge in [-0.1, -0.05) is 24.3 Å². The summed E-state index contributed by atoms with van der Waals surface area (Å²) in [5, 5.41) is 0. The van der Waals surface area contributed by atoms with Crippen molar-refractivity contribution in [3.05, 3.63) is 59.9 Å². The minimum atomic E-state index is 0.0605. The Balaban J connectivity index is 1.41. The molecule has 2 aromatic carbocycles. The molecule has 0 fully saturated rings. The van der Waals surface area contributed by atoms with Crippen molar-refractivity contribution in [1.29, 1.82) is 0 Å². The Kier molecular flexibility index (Phi) is 5.13. The highest BCUT2D eigenvalue weighted by atomic mass is 31.1. The molecule has 1 aliphatic rings. The molecular weight excluding hydrogens is 426 g/mol. The molecule has 2 heterocycles. The van der Waals surface area contributed by atoms with Crippen molar-refractivity contribution < 1.29 is 9.59 Å². The third-order valence-electron chi connectivity index (χ3n) is 5.24. The molecule has 0 spiro atoms. The Hall–Kier alpha value is -2.94. The fraction of sp³-hybridized carbons (Fsp3) is 0.130. The molecule has 0 radical (unpaired) electrons. The number of carbonyl (C=O) groups is 2. The molecule has 5 rings (SSSR count). The molecular formula is C23H20N4O2P2. The van der Waals surface area contributed by atoms with Gasteiger partial charge in [0.25, 0.3) is 0 Å². The zero-order valence-electron chi connectivity index (χ0n) is 17.0. The van der Waals surface area contributed by atoms with Gasteiger partial charge in [-0.25, -0.2) is 9.97 Å². The Morgan fingerprint density at radius 3 is 1.65 bits per heavy atom. The fourth-order valence-corrected chi connectivity index (χ4v) is 5.26. The van der Waals surface area contributed by atoms with Crippen molar-refractivity contribution in [3.63, 3.8) is 0 Å². The van der Waals surface area contributed by atoms with Gasteiger partial charge in [-0.15, -0.1) is 0 Å². The summed E-state index contributed by atoms with van der Waals surface area (Å²) in [5.74, 6) is 0. The lowest BCUT2D eigenvalue weighted by Gasteiger charge is -2.05. The number of nitrogens with one attached hydrogen (secondary N) is 2. The van der Waals surface area contributed by atoms with E-state index in [0.29, 0.717) is 0 Å². The monoisotopic (exact) mass is 446 g/mol. The number of aromatic nitrogens is 4. The van der Waals surface area contributed by atoms with Gasteiger partial charge in [0.15, 0.2) is 11.0 Å². The number of rotatable bonds is 6. The Labute approximate surface area is 182 Å². The molecule has 1 aliphatic carbocycles. The van der Waals surface area contributed by atoms with Crippen LogP contribution < -0.4 is 11.1 Å². The molecule has 2 aromatic heterocycles. The second-order valence-electron chi connectivity index (χ2n) is 7.57. The van der Waals surface area contributed by atoms with Crippen molar-refractivity contribution in [2.75, 3.05) is 0 Å². The molecule has 0 amide bonds. The van der Waals surface area contributed by atoms with Gasteiger partial charge in [-0.3, -0.25) is 9.59 Å². The zero-order valence-corrected chi connectivity index (χ0v) is 19.0. The van der Waals surface area contributed by atoms with Crippen LogP contribution in [-0.2, 0) is 16.0 Å². The van der Waals surface area contributed by atoms with Crippen molar-refractivity contribution in [3.8, 4) is 33.6 Å². The summed E-state index contributed by atoms with van der Waals surface area (Å²) >= 11 is 0. The molecule has 31 heavy (non-hydrogen) atoms. The number of hydrogen-bond donors (Lipinski definition) is 2. The van der Waals surface area contributed by atoms with Crippen molar-refractivity contribution in [2.45, 2.75) is 20.3 Å². The average Bonchev–Trinajstić information content (AvgIpc) is 3.44. The maximum Gasteiger partial charge on any atom is 0.155 e. The highest BCUT2D eigenvalue weighted by molar-refractivity contribution is 7.64. The fourth-order valence-electron chi connectivity index (χ4n) is 3.94. The predicted octanol–water partition coefficient (Wildman–Crippen LogP) is 3.74. The van der Waals surface area contributed by atoms with E-state index in [-0.39, 0.29) is 28.2 Å². The number of fused-ring (bicyclic) bond motifs is 3. The minimum Gasteiger partial charge on any atom is -0.338 e. The second kappa shape index (κ2) is 7.96. The third-order valence-corrected chi connectivity index (χ3v) is 6.93. The lowest BCUT2D eigenvalue weighted by atomic mass is 10.0. The van der Waals surface area contributed by atoms with Gasteiger partial charge < -0.3 is 9.97 Å². The highest BCUT2D eigenvalue weighted by Gasteiger charge is 2.20. The van der Waals surface area contributed by atoms with Gasteiger partial charge in [0, 0.05) is 17.2 Å². The van der Waals surface area contributed by atoms with E-state index >= 15 is 0 Å². The van der Waals surface area contributed by atoms with Crippen LogP contribution in [0.4, 0.5) is 0 Å². The molecule has 8 heteroatoms. The first-order valence-corrected chi connectivity index (χ1v) is 11.9. The van der Waals surface area contributed by atoms with E-state index in [1.54, 1.807) is 26.2 Å². The first-order valence-electron chi connectivity index (χ1n) is 9.88. The molecule has 0 bridgehead atoms.